The van der Waals surface area contributed by atoms with Gasteiger partial charge in [-0.25, -0.2) is 4.98 Å². The van der Waals surface area contributed by atoms with Gasteiger partial charge in [-0.2, -0.15) is 5.10 Å². The zero-order valence-electron chi connectivity index (χ0n) is 8.81. The van der Waals surface area contributed by atoms with Gasteiger partial charge >= 0.3 is 0 Å². The van der Waals surface area contributed by atoms with E-state index in [2.05, 4.69) is 16.1 Å². The van der Waals surface area contributed by atoms with Gasteiger partial charge in [-0.15, -0.1) is 0 Å². The van der Waals surface area contributed by atoms with Gasteiger partial charge < -0.3 is 0 Å². The summed E-state index contributed by atoms with van der Waals surface area (Å²) in [7, 11) is 0. The molecule has 0 spiro atoms. The lowest BCUT2D eigenvalue weighted by atomic mass is 10.1. The zero-order valence-corrected chi connectivity index (χ0v) is 9.56. The highest BCUT2D eigenvalue weighted by Crippen LogP contribution is 2.41. The van der Waals surface area contributed by atoms with Gasteiger partial charge in [0, 0.05) is 18.3 Å². The van der Waals surface area contributed by atoms with Crippen LogP contribution in [0.1, 0.15) is 30.0 Å². The average Bonchev–Trinajstić information content (AvgIpc) is 3.00. The van der Waals surface area contributed by atoms with Crippen LogP contribution in [-0.2, 0) is 6.54 Å². The molecule has 0 aromatic carbocycles. The predicted molar refractivity (Wildman–Crippen MR) is 62.6 cm³/mol. The number of rotatable bonds is 3. The second kappa shape index (κ2) is 3.91. The molecule has 16 heavy (non-hydrogen) atoms. The molecule has 2 heterocycles. The van der Waals surface area contributed by atoms with Gasteiger partial charge in [0.2, 0.25) is 0 Å². The molecule has 0 saturated heterocycles. The molecule has 1 aliphatic carbocycles. The van der Waals surface area contributed by atoms with Crippen molar-refractivity contribution < 1.29 is 0 Å². The standard InChI is InChI=1S/C12H12ClN3/c13-11-5-4-10(8-16-7-1-6-14-16)12(15-11)9-2-3-9/h1,4-7,9H,2-3,8H2. The molecule has 0 radical (unpaired) electrons. The summed E-state index contributed by atoms with van der Waals surface area (Å²) in [5.74, 6) is 0.615. The molecule has 0 atom stereocenters. The Kier molecular flexibility index (Phi) is 2.40. The minimum absolute atomic E-state index is 0.589. The number of hydrogen-bond acceptors (Lipinski definition) is 2. The Labute approximate surface area is 99.1 Å². The van der Waals surface area contributed by atoms with Crippen molar-refractivity contribution in [3.8, 4) is 0 Å². The normalized spacial score (nSPS) is 15.3. The van der Waals surface area contributed by atoms with Crippen LogP contribution >= 0.6 is 11.6 Å². The predicted octanol–water partition coefficient (Wildman–Crippen LogP) is 2.86. The molecule has 0 bridgehead atoms. The van der Waals surface area contributed by atoms with E-state index in [1.807, 2.05) is 23.0 Å². The third kappa shape index (κ3) is 1.95. The Balaban J connectivity index is 1.93. The summed E-state index contributed by atoms with van der Waals surface area (Å²) >= 11 is 5.94. The zero-order chi connectivity index (χ0) is 11.0. The van der Waals surface area contributed by atoms with Crippen molar-refractivity contribution in [1.29, 1.82) is 0 Å². The number of pyridine rings is 1. The molecule has 82 valence electrons. The summed E-state index contributed by atoms with van der Waals surface area (Å²) in [5, 5.41) is 4.80. The van der Waals surface area contributed by atoms with Crippen molar-refractivity contribution in [3.63, 3.8) is 0 Å². The van der Waals surface area contributed by atoms with Crippen LogP contribution in [0.25, 0.3) is 0 Å². The maximum atomic E-state index is 5.94. The lowest BCUT2D eigenvalue weighted by molar-refractivity contribution is 0.677. The SMILES string of the molecule is Clc1ccc(Cn2cccn2)c(C2CC2)n1. The Morgan fingerprint density at radius 2 is 2.25 bits per heavy atom. The van der Waals surface area contributed by atoms with Crippen LogP contribution in [0.2, 0.25) is 5.15 Å². The molecule has 2 aromatic rings. The molecular formula is C12H12ClN3. The maximum absolute atomic E-state index is 5.94. The minimum Gasteiger partial charge on any atom is -0.268 e. The van der Waals surface area contributed by atoms with Crippen molar-refractivity contribution in [2.45, 2.75) is 25.3 Å². The highest BCUT2D eigenvalue weighted by molar-refractivity contribution is 6.29. The van der Waals surface area contributed by atoms with Crippen LogP contribution in [0, 0.1) is 0 Å². The van der Waals surface area contributed by atoms with E-state index in [1.165, 1.54) is 18.4 Å². The van der Waals surface area contributed by atoms with Gasteiger partial charge in [-0.05, 0) is 30.5 Å². The third-order valence-corrected chi connectivity index (χ3v) is 3.04. The first-order chi connectivity index (χ1) is 7.83. The molecule has 1 saturated carbocycles. The molecule has 1 aliphatic rings. The van der Waals surface area contributed by atoms with E-state index in [-0.39, 0.29) is 0 Å². The van der Waals surface area contributed by atoms with Crippen molar-refractivity contribution in [1.82, 2.24) is 14.8 Å². The van der Waals surface area contributed by atoms with Gasteiger partial charge in [-0.3, -0.25) is 4.68 Å². The van der Waals surface area contributed by atoms with E-state index in [0.29, 0.717) is 11.1 Å². The summed E-state index contributed by atoms with van der Waals surface area (Å²) in [5.41, 5.74) is 2.39. The molecule has 0 aliphatic heterocycles. The van der Waals surface area contributed by atoms with E-state index in [1.54, 1.807) is 6.20 Å². The Bertz CT molecular complexity index is 489. The number of aromatic nitrogens is 3. The van der Waals surface area contributed by atoms with Gasteiger partial charge in [0.25, 0.3) is 0 Å². The molecule has 0 amide bonds. The lowest BCUT2D eigenvalue weighted by Crippen LogP contribution is -2.04. The Morgan fingerprint density at radius 1 is 1.38 bits per heavy atom. The highest BCUT2D eigenvalue weighted by atomic mass is 35.5. The van der Waals surface area contributed by atoms with E-state index >= 15 is 0 Å². The summed E-state index contributed by atoms with van der Waals surface area (Å²) in [4.78, 5) is 4.44. The molecule has 2 aromatic heterocycles. The van der Waals surface area contributed by atoms with Gasteiger partial charge in [0.1, 0.15) is 5.15 Å². The number of halogens is 1. The average molecular weight is 234 g/mol. The Hall–Kier alpha value is -1.35. The van der Waals surface area contributed by atoms with Crippen LogP contribution in [-0.4, -0.2) is 14.8 Å². The van der Waals surface area contributed by atoms with Crippen molar-refractivity contribution in [3.05, 3.63) is 47.0 Å². The molecule has 4 heteroatoms. The second-order valence-corrected chi connectivity index (χ2v) is 4.54. The van der Waals surface area contributed by atoms with Crippen molar-refractivity contribution >= 4 is 11.6 Å². The van der Waals surface area contributed by atoms with Crippen molar-refractivity contribution in [2.24, 2.45) is 0 Å². The highest BCUT2D eigenvalue weighted by Gasteiger charge is 2.27. The van der Waals surface area contributed by atoms with Crippen LogP contribution in [0.5, 0.6) is 0 Å². The summed E-state index contributed by atoms with van der Waals surface area (Å²) in [6.07, 6.45) is 6.23. The number of hydrogen-bond donors (Lipinski definition) is 0. The quantitative estimate of drug-likeness (QED) is 0.764. The fourth-order valence-corrected chi connectivity index (χ4v) is 2.05. The topological polar surface area (TPSA) is 30.7 Å². The largest absolute Gasteiger partial charge is 0.268 e. The number of nitrogens with zero attached hydrogens (tertiary/aromatic N) is 3. The maximum Gasteiger partial charge on any atom is 0.129 e. The lowest BCUT2D eigenvalue weighted by Gasteiger charge is -2.08. The Morgan fingerprint density at radius 3 is 2.94 bits per heavy atom. The first-order valence-corrected chi connectivity index (χ1v) is 5.83. The third-order valence-electron chi connectivity index (χ3n) is 2.83. The fourth-order valence-electron chi connectivity index (χ4n) is 1.89. The summed E-state index contributed by atoms with van der Waals surface area (Å²) < 4.78 is 1.91. The molecular weight excluding hydrogens is 222 g/mol. The van der Waals surface area contributed by atoms with Gasteiger partial charge in [-0.1, -0.05) is 17.7 Å². The van der Waals surface area contributed by atoms with Crippen molar-refractivity contribution in [2.75, 3.05) is 0 Å². The second-order valence-electron chi connectivity index (χ2n) is 4.16. The van der Waals surface area contributed by atoms with E-state index in [4.69, 9.17) is 11.6 Å². The fraction of sp³-hybridized carbons (Fsp3) is 0.333. The van der Waals surface area contributed by atoms with Crippen LogP contribution in [0.15, 0.2) is 30.6 Å². The van der Waals surface area contributed by atoms with E-state index in [9.17, 15) is 0 Å². The summed E-state index contributed by atoms with van der Waals surface area (Å²) in [6, 6.07) is 5.84. The molecule has 3 nitrogen and oxygen atoms in total. The molecule has 3 rings (SSSR count). The van der Waals surface area contributed by atoms with Gasteiger partial charge in [0.05, 0.1) is 12.2 Å². The first kappa shape index (κ1) is 9.85. The first-order valence-electron chi connectivity index (χ1n) is 5.45. The minimum atomic E-state index is 0.589. The van der Waals surface area contributed by atoms with Crippen LogP contribution in [0.3, 0.4) is 0 Å². The van der Waals surface area contributed by atoms with Crippen LogP contribution in [0.4, 0.5) is 0 Å². The van der Waals surface area contributed by atoms with E-state index in [0.717, 1.165) is 12.2 Å². The smallest absolute Gasteiger partial charge is 0.129 e. The summed E-state index contributed by atoms with van der Waals surface area (Å²) in [6.45, 7) is 0.781. The molecule has 1 fully saturated rings. The van der Waals surface area contributed by atoms with E-state index < -0.39 is 0 Å². The van der Waals surface area contributed by atoms with Crippen LogP contribution < -0.4 is 0 Å². The molecule has 0 N–H and O–H groups in total. The molecule has 0 unspecified atom stereocenters. The van der Waals surface area contributed by atoms with Gasteiger partial charge in [0.15, 0.2) is 0 Å². The monoisotopic (exact) mass is 233 g/mol.